The maximum absolute atomic E-state index is 4.83. The van der Waals surface area contributed by atoms with Crippen LogP contribution in [0.4, 0.5) is 0 Å². The third-order valence-corrected chi connectivity index (χ3v) is 5.20. The monoisotopic (exact) mass is 364 g/mol. The third-order valence-electron chi connectivity index (χ3n) is 3.83. The minimum Gasteiger partial charge on any atom is -0.251 e. The zero-order chi connectivity index (χ0) is 17.8. The van der Waals surface area contributed by atoms with Gasteiger partial charge >= 0.3 is 0 Å². The second kappa shape index (κ2) is 7.81. The zero-order valence-corrected chi connectivity index (χ0v) is 16.2. The van der Waals surface area contributed by atoms with Crippen molar-refractivity contribution in [1.82, 2.24) is 4.98 Å². The number of aryl methyl sites for hydroxylation is 1. The number of hydrogen-bond donors (Lipinski definition) is 1. The van der Waals surface area contributed by atoms with Crippen molar-refractivity contribution in [3.8, 4) is 10.6 Å². The Morgan fingerprint density at radius 3 is 2.32 bits per heavy atom. The highest BCUT2D eigenvalue weighted by Crippen LogP contribution is 2.28. The summed E-state index contributed by atoms with van der Waals surface area (Å²) >= 11 is 6.18. The number of thiol groups is 1. The summed E-state index contributed by atoms with van der Waals surface area (Å²) in [7, 11) is 0. The number of nitrogens with zero attached hydrogens (tertiary/aromatic N) is 2. The van der Waals surface area contributed by atoms with Crippen LogP contribution in [0.5, 0.6) is 0 Å². The van der Waals surface area contributed by atoms with Gasteiger partial charge in [-0.05, 0) is 20.8 Å². The van der Waals surface area contributed by atoms with Gasteiger partial charge in [-0.1, -0.05) is 60.2 Å². The number of hydrogen-bond acceptors (Lipinski definition) is 4. The number of thiazole rings is 1. The van der Waals surface area contributed by atoms with Crippen LogP contribution in [0, 0.1) is 6.92 Å². The molecule has 0 unspecified atom stereocenters. The Balaban J connectivity index is 1.92. The number of aliphatic imine (C=N–C) groups is 1. The first kappa shape index (κ1) is 17.6. The normalized spacial score (nSPS) is 12.9. The van der Waals surface area contributed by atoms with Crippen LogP contribution in [-0.2, 0) is 0 Å². The van der Waals surface area contributed by atoms with Crippen molar-refractivity contribution in [3.63, 3.8) is 0 Å². The molecule has 0 N–H and O–H groups in total. The molecule has 0 saturated carbocycles. The van der Waals surface area contributed by atoms with E-state index in [0.29, 0.717) is 0 Å². The quantitative estimate of drug-likeness (QED) is 0.430. The molecule has 0 fully saturated rings. The molecule has 1 heterocycles. The lowest BCUT2D eigenvalue weighted by Gasteiger charge is -2.06. The first-order chi connectivity index (χ1) is 12.0. The Hall–Kier alpha value is -2.17. The standard InChI is InChI=1S/C21H20N2S2/c1-14-9-11-18(12-10-14)21-22-13-19(25-21)15(2)23-20(16(3)24)17-7-5-4-6-8-17/h4-13,24H,1-3H3/b20-16-,23-15+. The summed E-state index contributed by atoms with van der Waals surface area (Å²) in [6.07, 6.45) is 1.90. The van der Waals surface area contributed by atoms with E-state index in [-0.39, 0.29) is 0 Å². The molecule has 0 bridgehead atoms. The van der Waals surface area contributed by atoms with E-state index in [1.807, 2.05) is 38.2 Å². The predicted molar refractivity (Wildman–Crippen MR) is 113 cm³/mol. The first-order valence-electron chi connectivity index (χ1n) is 8.08. The molecule has 0 atom stereocenters. The SMILES string of the molecule is C/C(S)=C(/N=C(\C)c1cnc(-c2ccc(C)cc2)s1)c1ccccc1. The van der Waals surface area contributed by atoms with Crippen molar-refractivity contribution < 1.29 is 0 Å². The second-order valence-corrected chi connectivity index (χ2v) is 7.59. The van der Waals surface area contributed by atoms with Gasteiger partial charge in [0.25, 0.3) is 0 Å². The van der Waals surface area contributed by atoms with Crippen molar-refractivity contribution in [1.29, 1.82) is 0 Å². The Kier molecular flexibility index (Phi) is 5.51. The van der Waals surface area contributed by atoms with Crippen molar-refractivity contribution in [2.75, 3.05) is 0 Å². The fraction of sp³-hybridized carbons (Fsp3) is 0.143. The van der Waals surface area contributed by atoms with E-state index in [4.69, 9.17) is 4.99 Å². The van der Waals surface area contributed by atoms with E-state index in [1.165, 1.54) is 5.56 Å². The Bertz CT molecular complexity index is 916. The van der Waals surface area contributed by atoms with E-state index in [0.717, 1.165) is 37.3 Å². The summed E-state index contributed by atoms with van der Waals surface area (Å²) in [5.74, 6) is 0. The highest BCUT2D eigenvalue weighted by Gasteiger charge is 2.09. The summed E-state index contributed by atoms with van der Waals surface area (Å²) in [5.41, 5.74) is 5.30. The van der Waals surface area contributed by atoms with Crippen LogP contribution in [0.3, 0.4) is 0 Å². The molecular formula is C21H20N2S2. The van der Waals surface area contributed by atoms with Gasteiger partial charge in [0, 0.05) is 22.2 Å². The lowest BCUT2D eigenvalue weighted by molar-refractivity contribution is 1.39. The molecule has 2 aromatic carbocycles. The lowest BCUT2D eigenvalue weighted by Crippen LogP contribution is -1.93. The van der Waals surface area contributed by atoms with Gasteiger partial charge in [0.2, 0.25) is 0 Å². The van der Waals surface area contributed by atoms with E-state index < -0.39 is 0 Å². The molecule has 4 heteroatoms. The van der Waals surface area contributed by atoms with Crippen molar-refractivity contribution in [2.45, 2.75) is 20.8 Å². The number of allylic oxidation sites excluding steroid dienone is 1. The Morgan fingerprint density at radius 1 is 1.00 bits per heavy atom. The molecule has 0 aliphatic carbocycles. The number of rotatable bonds is 4. The minimum absolute atomic E-state index is 0.895. The summed E-state index contributed by atoms with van der Waals surface area (Å²) in [6, 6.07) is 18.6. The summed E-state index contributed by atoms with van der Waals surface area (Å²) < 4.78 is 0. The van der Waals surface area contributed by atoms with Crippen molar-refractivity contribution in [2.24, 2.45) is 4.99 Å². The van der Waals surface area contributed by atoms with Crippen LogP contribution in [0.1, 0.15) is 29.9 Å². The van der Waals surface area contributed by atoms with Crippen LogP contribution in [0.25, 0.3) is 16.3 Å². The van der Waals surface area contributed by atoms with Gasteiger partial charge in [0.1, 0.15) is 5.01 Å². The summed E-state index contributed by atoms with van der Waals surface area (Å²) in [5, 5.41) is 1.01. The van der Waals surface area contributed by atoms with Crippen LogP contribution in [-0.4, -0.2) is 10.7 Å². The average Bonchev–Trinajstić information content (AvgIpc) is 3.11. The molecule has 1 aromatic heterocycles. The van der Waals surface area contributed by atoms with Crippen molar-refractivity contribution in [3.05, 3.63) is 81.7 Å². The fourth-order valence-electron chi connectivity index (χ4n) is 2.44. The Morgan fingerprint density at radius 2 is 1.68 bits per heavy atom. The van der Waals surface area contributed by atoms with Gasteiger partial charge < -0.3 is 0 Å². The van der Waals surface area contributed by atoms with E-state index in [1.54, 1.807) is 11.3 Å². The molecule has 0 amide bonds. The average molecular weight is 365 g/mol. The lowest BCUT2D eigenvalue weighted by atomic mass is 10.1. The van der Waals surface area contributed by atoms with Gasteiger partial charge in [-0.15, -0.1) is 24.0 Å². The van der Waals surface area contributed by atoms with Crippen LogP contribution in [0.2, 0.25) is 0 Å². The number of aromatic nitrogens is 1. The van der Waals surface area contributed by atoms with Crippen LogP contribution >= 0.6 is 24.0 Å². The molecule has 126 valence electrons. The smallest absolute Gasteiger partial charge is 0.123 e. The van der Waals surface area contributed by atoms with E-state index in [9.17, 15) is 0 Å². The predicted octanol–water partition coefficient (Wildman–Crippen LogP) is 6.25. The highest BCUT2D eigenvalue weighted by molar-refractivity contribution is 7.84. The molecule has 2 nitrogen and oxygen atoms in total. The number of benzene rings is 2. The summed E-state index contributed by atoms with van der Waals surface area (Å²) in [6.45, 7) is 6.07. The van der Waals surface area contributed by atoms with Gasteiger partial charge in [-0.25, -0.2) is 4.98 Å². The van der Waals surface area contributed by atoms with Crippen LogP contribution < -0.4 is 0 Å². The van der Waals surface area contributed by atoms with E-state index >= 15 is 0 Å². The van der Waals surface area contributed by atoms with Crippen LogP contribution in [0.15, 0.2) is 70.7 Å². The highest BCUT2D eigenvalue weighted by atomic mass is 32.1. The fourth-order valence-corrected chi connectivity index (χ4v) is 3.49. The molecule has 25 heavy (non-hydrogen) atoms. The third kappa shape index (κ3) is 4.27. The first-order valence-corrected chi connectivity index (χ1v) is 9.35. The molecule has 0 spiro atoms. The molecule has 0 saturated heterocycles. The van der Waals surface area contributed by atoms with Gasteiger partial charge in [-0.3, -0.25) is 4.99 Å². The topological polar surface area (TPSA) is 25.2 Å². The summed E-state index contributed by atoms with van der Waals surface area (Å²) in [4.78, 5) is 11.4. The maximum Gasteiger partial charge on any atom is 0.123 e. The molecule has 3 aromatic rings. The van der Waals surface area contributed by atoms with E-state index in [2.05, 4.69) is 60.9 Å². The molecule has 3 rings (SSSR count). The largest absolute Gasteiger partial charge is 0.251 e. The molecule has 0 radical (unpaired) electrons. The van der Waals surface area contributed by atoms with Crippen molar-refractivity contribution >= 4 is 35.4 Å². The van der Waals surface area contributed by atoms with Gasteiger partial charge in [0.05, 0.1) is 16.3 Å². The minimum atomic E-state index is 0.895. The zero-order valence-electron chi connectivity index (χ0n) is 14.5. The molecular weight excluding hydrogens is 344 g/mol. The molecule has 0 aliphatic rings. The second-order valence-electron chi connectivity index (χ2n) is 5.89. The maximum atomic E-state index is 4.83. The molecule has 0 aliphatic heterocycles. The Labute approximate surface area is 158 Å². The van der Waals surface area contributed by atoms with Gasteiger partial charge in [-0.2, -0.15) is 0 Å². The van der Waals surface area contributed by atoms with Gasteiger partial charge in [0.15, 0.2) is 0 Å².